The van der Waals surface area contributed by atoms with Gasteiger partial charge in [0.2, 0.25) is 0 Å². The lowest BCUT2D eigenvalue weighted by Crippen LogP contribution is -1.90. The number of thiocyanates is 1. The molecule has 0 unspecified atom stereocenters. The zero-order chi connectivity index (χ0) is 22.2. The number of nitrogens with zero attached hydrogens (tertiary/aromatic N) is 1. The van der Waals surface area contributed by atoms with Crippen LogP contribution in [0.1, 0.15) is 30.9 Å². The van der Waals surface area contributed by atoms with Gasteiger partial charge in [-0.3, -0.25) is 0 Å². The second-order valence-corrected chi connectivity index (χ2v) is 8.60. The fraction of sp³-hybridized carbons (Fsp3) is 0.160. The molecule has 0 bridgehead atoms. The summed E-state index contributed by atoms with van der Waals surface area (Å²) in [5, 5.41) is 10.3. The van der Waals surface area contributed by atoms with E-state index in [0.717, 1.165) is 23.5 Å². The van der Waals surface area contributed by atoms with Gasteiger partial charge in [0, 0.05) is 10.5 Å². The van der Waals surface area contributed by atoms with E-state index in [4.69, 9.17) is 5.26 Å². The number of benzene rings is 3. The Hall–Kier alpha value is -2.80. The number of hydrogen-bond acceptors (Lipinski definition) is 3. The molecule has 0 radical (unpaired) electrons. The topological polar surface area (TPSA) is 23.8 Å². The minimum Gasteiger partial charge on any atom is -0.206 e. The van der Waals surface area contributed by atoms with Crippen LogP contribution < -0.4 is 0 Å². The van der Waals surface area contributed by atoms with Crippen LogP contribution >= 0.6 is 23.5 Å². The van der Waals surface area contributed by atoms with Gasteiger partial charge in [0.05, 0.1) is 10.5 Å². The molecule has 0 fully saturated rings. The molecule has 3 aromatic carbocycles. The van der Waals surface area contributed by atoms with Crippen molar-refractivity contribution in [3.05, 3.63) is 83.2 Å². The second-order valence-electron chi connectivity index (χ2n) is 6.63. The first-order valence-electron chi connectivity index (χ1n) is 9.61. The molecule has 0 N–H and O–H groups in total. The minimum absolute atomic E-state index is 0.314. The van der Waals surface area contributed by atoms with Crippen molar-refractivity contribution in [1.82, 2.24) is 0 Å². The van der Waals surface area contributed by atoms with Crippen molar-refractivity contribution in [2.75, 3.05) is 5.75 Å². The lowest BCUT2D eigenvalue weighted by atomic mass is 10.0. The van der Waals surface area contributed by atoms with Gasteiger partial charge >= 0.3 is 0 Å². The Kier molecular flexibility index (Phi) is 8.12. The highest BCUT2D eigenvalue weighted by Crippen LogP contribution is 2.30. The first-order valence-corrected chi connectivity index (χ1v) is 11.4. The quantitative estimate of drug-likeness (QED) is 0.166. The summed E-state index contributed by atoms with van der Waals surface area (Å²) in [5.41, 5.74) is 1.94. The van der Waals surface area contributed by atoms with Crippen molar-refractivity contribution in [3.63, 3.8) is 0 Å². The summed E-state index contributed by atoms with van der Waals surface area (Å²) in [6.45, 7) is 2.12. The molecule has 0 saturated carbocycles. The number of rotatable bonds is 6. The molecular weight excluding hydrogens is 435 g/mol. The Balaban J connectivity index is 1.75. The van der Waals surface area contributed by atoms with Crippen LogP contribution in [0.4, 0.5) is 13.2 Å². The molecule has 1 nitrogen and oxygen atoms in total. The fourth-order valence-corrected chi connectivity index (χ4v) is 4.20. The number of unbranched alkanes of at least 4 members (excludes halogenated alkanes) is 1. The average Bonchev–Trinajstić information content (AvgIpc) is 2.76. The molecule has 0 heterocycles. The lowest BCUT2D eigenvalue weighted by molar-refractivity contribution is 0.542. The third kappa shape index (κ3) is 6.10. The molecule has 6 heteroatoms. The highest BCUT2D eigenvalue weighted by Gasteiger charge is 2.13. The average molecular weight is 454 g/mol. The van der Waals surface area contributed by atoms with Crippen molar-refractivity contribution in [2.24, 2.45) is 0 Å². The van der Waals surface area contributed by atoms with Gasteiger partial charge in [-0.2, -0.15) is 5.26 Å². The minimum atomic E-state index is -0.780. The van der Waals surface area contributed by atoms with E-state index >= 15 is 0 Å². The van der Waals surface area contributed by atoms with Gasteiger partial charge in [0.25, 0.3) is 0 Å². The largest absolute Gasteiger partial charge is 0.206 e. The number of hydrogen-bond donors (Lipinski definition) is 0. The van der Waals surface area contributed by atoms with Crippen molar-refractivity contribution in [3.8, 4) is 28.4 Å². The number of halogens is 3. The van der Waals surface area contributed by atoms with Crippen LogP contribution in [-0.4, -0.2) is 5.75 Å². The highest BCUT2D eigenvalue weighted by molar-refractivity contribution is 8.03. The van der Waals surface area contributed by atoms with E-state index in [-0.39, 0.29) is 10.7 Å². The Morgan fingerprint density at radius 1 is 0.839 bits per heavy atom. The van der Waals surface area contributed by atoms with Gasteiger partial charge in [0.15, 0.2) is 0 Å². The first kappa shape index (κ1) is 22.9. The maximum Gasteiger partial charge on any atom is 0.141 e. The summed E-state index contributed by atoms with van der Waals surface area (Å²) in [5.74, 6) is 4.80. The lowest BCUT2D eigenvalue weighted by Gasteiger charge is -2.06. The van der Waals surface area contributed by atoms with E-state index < -0.39 is 11.6 Å². The van der Waals surface area contributed by atoms with Gasteiger partial charge in [-0.1, -0.05) is 37.3 Å². The van der Waals surface area contributed by atoms with Gasteiger partial charge in [-0.25, -0.2) is 13.2 Å². The predicted octanol–water partition coefficient (Wildman–Crippen LogP) is 7.64. The summed E-state index contributed by atoms with van der Waals surface area (Å²) >= 11 is 2.08. The summed E-state index contributed by atoms with van der Waals surface area (Å²) in [4.78, 5) is 0.574. The van der Waals surface area contributed by atoms with Crippen LogP contribution in [0.15, 0.2) is 64.4 Å². The molecule has 156 valence electrons. The van der Waals surface area contributed by atoms with Gasteiger partial charge in [-0.15, -0.1) is 11.8 Å². The molecule has 3 rings (SSSR count). The standard InChI is InChI=1S/C25H18F3NS2/c1-2-3-12-30-21-11-10-19(22(26)15-21)9-6-17-4-7-18(8-5-17)20-13-23(27)25(31-16-29)24(28)14-20/h4-5,7-8,10-11,13-15H,2-3,12H2,1H3. The highest BCUT2D eigenvalue weighted by atomic mass is 32.2. The Bertz CT molecular complexity index is 1150. The molecule has 3 aromatic rings. The smallest absolute Gasteiger partial charge is 0.141 e. The monoisotopic (exact) mass is 453 g/mol. The zero-order valence-corrected chi connectivity index (χ0v) is 18.3. The van der Waals surface area contributed by atoms with Crippen molar-refractivity contribution < 1.29 is 13.2 Å². The third-order valence-electron chi connectivity index (χ3n) is 4.41. The van der Waals surface area contributed by atoms with Gasteiger partial charge < -0.3 is 0 Å². The van der Waals surface area contributed by atoms with Crippen molar-refractivity contribution in [2.45, 2.75) is 29.6 Å². The molecule has 0 amide bonds. The van der Waals surface area contributed by atoms with Crippen molar-refractivity contribution >= 4 is 23.5 Å². The summed E-state index contributed by atoms with van der Waals surface area (Å²) in [6.07, 6.45) is 2.19. The van der Waals surface area contributed by atoms with Crippen LogP contribution in [0.2, 0.25) is 0 Å². The third-order valence-corrected chi connectivity index (χ3v) is 6.18. The summed E-state index contributed by atoms with van der Waals surface area (Å²) in [6, 6.07) is 14.2. The van der Waals surface area contributed by atoms with Crippen LogP contribution in [0.5, 0.6) is 0 Å². The molecule has 0 aliphatic heterocycles. The molecule has 0 aromatic heterocycles. The predicted molar refractivity (Wildman–Crippen MR) is 121 cm³/mol. The molecule has 31 heavy (non-hydrogen) atoms. The number of thioether (sulfide) groups is 2. The second kappa shape index (κ2) is 11.0. The summed E-state index contributed by atoms with van der Waals surface area (Å²) < 4.78 is 42.4. The molecule has 0 aliphatic carbocycles. The number of nitriles is 1. The Morgan fingerprint density at radius 3 is 2.16 bits per heavy atom. The summed E-state index contributed by atoms with van der Waals surface area (Å²) in [7, 11) is 0. The van der Waals surface area contributed by atoms with E-state index in [1.165, 1.54) is 18.2 Å². The molecule has 0 saturated heterocycles. The normalized spacial score (nSPS) is 10.3. The fourth-order valence-electron chi connectivity index (χ4n) is 2.78. The maximum absolute atomic E-state index is 14.3. The van der Waals surface area contributed by atoms with Crippen LogP contribution in [-0.2, 0) is 0 Å². The van der Waals surface area contributed by atoms with Crippen molar-refractivity contribution in [1.29, 1.82) is 5.26 Å². The van der Waals surface area contributed by atoms with E-state index in [1.807, 2.05) is 6.07 Å². The van der Waals surface area contributed by atoms with E-state index in [0.29, 0.717) is 34.0 Å². The van der Waals surface area contributed by atoms with E-state index in [2.05, 4.69) is 18.8 Å². The Labute approximate surface area is 188 Å². The zero-order valence-electron chi connectivity index (χ0n) is 16.7. The van der Waals surface area contributed by atoms with Gasteiger partial charge in [0.1, 0.15) is 22.9 Å². The molecule has 0 spiro atoms. The SMILES string of the molecule is CCCCSc1ccc(C#Cc2ccc(-c3cc(F)c(SC#N)c(F)c3)cc2)c(F)c1. The molecule has 0 atom stereocenters. The van der Waals surface area contributed by atoms with Crippen LogP contribution in [0.25, 0.3) is 11.1 Å². The Morgan fingerprint density at radius 2 is 1.55 bits per heavy atom. The van der Waals surface area contributed by atoms with Crippen LogP contribution in [0, 0.1) is 40.0 Å². The first-order chi connectivity index (χ1) is 15.0. The maximum atomic E-state index is 14.3. The van der Waals surface area contributed by atoms with Gasteiger partial charge in [-0.05, 0) is 77.5 Å². The van der Waals surface area contributed by atoms with E-state index in [1.54, 1.807) is 47.5 Å². The van der Waals surface area contributed by atoms with E-state index in [9.17, 15) is 13.2 Å². The molecular formula is C25H18F3NS2. The molecule has 0 aliphatic rings. The van der Waals surface area contributed by atoms with Crippen LogP contribution in [0.3, 0.4) is 0 Å².